The number of morpholine rings is 1. The lowest BCUT2D eigenvalue weighted by atomic mass is 9.40. The van der Waals surface area contributed by atoms with E-state index in [1.165, 1.54) is 23.6 Å². The average Bonchev–Trinajstić information content (AvgIpc) is 2.70. The van der Waals surface area contributed by atoms with Crippen LogP contribution in [0, 0.1) is 22.2 Å². The van der Waals surface area contributed by atoms with Crippen molar-refractivity contribution in [3.05, 3.63) is 35.4 Å². The van der Waals surface area contributed by atoms with Gasteiger partial charge in [0.2, 0.25) is 15.9 Å². The molecule has 0 aromatic heterocycles. The van der Waals surface area contributed by atoms with Gasteiger partial charge in [-0.1, -0.05) is 38.1 Å². The van der Waals surface area contributed by atoms with Crippen LogP contribution in [0.25, 0.3) is 0 Å². The van der Waals surface area contributed by atoms with E-state index in [-0.39, 0.29) is 27.9 Å². The maximum absolute atomic E-state index is 13.5. The van der Waals surface area contributed by atoms with Crippen LogP contribution < -0.4 is 5.32 Å². The van der Waals surface area contributed by atoms with Gasteiger partial charge in [0.1, 0.15) is 0 Å². The van der Waals surface area contributed by atoms with Crippen molar-refractivity contribution >= 4 is 15.9 Å². The van der Waals surface area contributed by atoms with Crippen LogP contribution in [0.3, 0.4) is 0 Å². The number of benzene rings is 1. The summed E-state index contributed by atoms with van der Waals surface area (Å²) < 4.78 is 32.7. The summed E-state index contributed by atoms with van der Waals surface area (Å²) >= 11 is 0. The van der Waals surface area contributed by atoms with E-state index >= 15 is 0 Å². The Morgan fingerprint density at radius 3 is 2.28 bits per heavy atom. The van der Waals surface area contributed by atoms with E-state index in [1.807, 2.05) is 24.3 Å². The molecule has 32 heavy (non-hydrogen) atoms. The summed E-state index contributed by atoms with van der Waals surface area (Å²) in [6.45, 7) is 6.83. The fraction of sp³-hybridized carbons (Fsp3) is 0.720. The first-order valence-electron chi connectivity index (χ1n) is 12.0. The molecule has 1 aromatic carbocycles. The summed E-state index contributed by atoms with van der Waals surface area (Å²) in [7, 11) is -3.41. The maximum atomic E-state index is 13.5. The second kappa shape index (κ2) is 7.81. The quantitative estimate of drug-likeness (QED) is 0.705. The lowest BCUT2D eigenvalue weighted by Crippen LogP contribution is -2.59. The van der Waals surface area contributed by atoms with E-state index in [9.17, 15) is 13.2 Å². The van der Waals surface area contributed by atoms with Gasteiger partial charge in [0, 0.05) is 19.6 Å². The number of hydrogen-bond donors (Lipinski definition) is 1. The molecule has 1 aliphatic heterocycles. The summed E-state index contributed by atoms with van der Waals surface area (Å²) in [6, 6.07) is 7.59. The number of sulfonamides is 1. The molecule has 1 N–H and O–H groups in total. The Morgan fingerprint density at radius 1 is 1.03 bits per heavy atom. The zero-order valence-corrected chi connectivity index (χ0v) is 20.2. The number of ether oxygens (including phenoxy) is 1. The Bertz CT molecular complexity index is 983. The van der Waals surface area contributed by atoms with Crippen LogP contribution in [-0.2, 0) is 31.9 Å². The molecule has 1 saturated heterocycles. The summed E-state index contributed by atoms with van der Waals surface area (Å²) in [6.07, 6.45) is 6.76. The highest BCUT2D eigenvalue weighted by Gasteiger charge is 2.62. The third-order valence-electron chi connectivity index (χ3n) is 8.37. The van der Waals surface area contributed by atoms with Crippen LogP contribution in [0.4, 0.5) is 0 Å². The molecule has 7 heteroatoms. The van der Waals surface area contributed by atoms with E-state index in [2.05, 4.69) is 19.2 Å². The second-order valence-corrected chi connectivity index (χ2v) is 13.6. The summed E-state index contributed by atoms with van der Waals surface area (Å²) in [5.41, 5.74) is 1.98. The number of amides is 1. The molecule has 4 saturated carbocycles. The van der Waals surface area contributed by atoms with Crippen LogP contribution in [0.5, 0.6) is 0 Å². The van der Waals surface area contributed by atoms with E-state index in [1.54, 1.807) is 0 Å². The van der Waals surface area contributed by atoms with Crippen molar-refractivity contribution in [2.45, 2.75) is 64.7 Å². The third-order valence-corrected chi connectivity index (χ3v) is 10.2. The Balaban J connectivity index is 1.29. The lowest BCUT2D eigenvalue weighted by Gasteiger charge is -2.64. The number of hydrogen-bond acceptors (Lipinski definition) is 4. The van der Waals surface area contributed by atoms with Crippen molar-refractivity contribution in [2.24, 2.45) is 22.2 Å². The minimum Gasteiger partial charge on any atom is -0.379 e. The normalized spacial score (nSPS) is 36.9. The predicted molar refractivity (Wildman–Crippen MR) is 123 cm³/mol. The molecular formula is C25H36N2O4S. The molecule has 4 atom stereocenters. The molecule has 1 aromatic rings. The summed E-state index contributed by atoms with van der Waals surface area (Å²) in [5, 5.41) is 3.23. The Morgan fingerprint density at radius 2 is 1.66 bits per heavy atom. The van der Waals surface area contributed by atoms with Gasteiger partial charge in [-0.05, 0) is 66.4 Å². The van der Waals surface area contributed by atoms with Gasteiger partial charge in [0.25, 0.3) is 0 Å². The Kier molecular flexibility index (Phi) is 5.46. The minimum atomic E-state index is -3.41. The van der Waals surface area contributed by atoms with Crippen molar-refractivity contribution < 1.29 is 17.9 Å². The van der Waals surface area contributed by atoms with Crippen LogP contribution in [-0.4, -0.2) is 44.9 Å². The molecule has 6 nitrogen and oxygen atoms in total. The van der Waals surface area contributed by atoms with Crippen molar-refractivity contribution in [2.75, 3.05) is 26.3 Å². The average molecular weight is 461 g/mol. The smallest absolute Gasteiger partial charge is 0.226 e. The highest BCUT2D eigenvalue weighted by atomic mass is 32.2. The molecule has 5 aliphatic rings. The highest BCUT2D eigenvalue weighted by Crippen LogP contribution is 2.69. The first-order chi connectivity index (χ1) is 15.1. The number of rotatable bonds is 6. The van der Waals surface area contributed by atoms with Crippen LogP contribution >= 0.6 is 0 Å². The summed E-state index contributed by atoms with van der Waals surface area (Å²) in [4.78, 5) is 13.5. The standard InChI is InChI=1S/C25H36N2O4S/c1-23-11-19-12-24(2,16-23)18-25(13-19,17-23)22(28)26-14-20-5-3-4-6-21(20)15-32(29,30)27-7-9-31-10-8-27/h3-6,19H,7-18H2,1-2H3,(H,26,28)/t19?,23-,24+,25?. The van der Waals surface area contributed by atoms with Gasteiger partial charge >= 0.3 is 0 Å². The van der Waals surface area contributed by atoms with Gasteiger partial charge in [-0.3, -0.25) is 4.79 Å². The fourth-order valence-corrected chi connectivity index (χ4v) is 9.61. The zero-order valence-electron chi connectivity index (χ0n) is 19.4. The van der Waals surface area contributed by atoms with Crippen LogP contribution in [0.2, 0.25) is 0 Å². The van der Waals surface area contributed by atoms with Crippen LogP contribution in [0.1, 0.15) is 63.5 Å². The molecule has 6 rings (SSSR count). The van der Waals surface area contributed by atoms with Crippen molar-refractivity contribution in [1.82, 2.24) is 9.62 Å². The van der Waals surface area contributed by atoms with E-state index in [0.29, 0.717) is 38.8 Å². The van der Waals surface area contributed by atoms with Crippen molar-refractivity contribution in [1.29, 1.82) is 0 Å². The van der Waals surface area contributed by atoms with Gasteiger partial charge in [-0.25, -0.2) is 8.42 Å². The minimum absolute atomic E-state index is 0.0393. The predicted octanol–water partition coefficient (Wildman–Crippen LogP) is 3.46. The molecule has 4 aliphatic carbocycles. The van der Waals surface area contributed by atoms with E-state index in [4.69, 9.17) is 4.74 Å². The maximum Gasteiger partial charge on any atom is 0.226 e. The number of carbonyl (C=O) groups is 1. The summed E-state index contributed by atoms with van der Waals surface area (Å²) in [5.74, 6) is 0.797. The van der Waals surface area contributed by atoms with Crippen LogP contribution in [0.15, 0.2) is 24.3 Å². The Labute approximate surface area is 192 Å². The monoisotopic (exact) mass is 460 g/mol. The molecular weight excluding hydrogens is 424 g/mol. The van der Waals surface area contributed by atoms with Gasteiger partial charge < -0.3 is 10.1 Å². The molecule has 5 fully saturated rings. The first kappa shape index (κ1) is 22.4. The second-order valence-electron chi connectivity index (χ2n) is 11.6. The SMILES string of the molecule is C[C@]12CC3CC(C(=O)NCc4ccccc4CS(=O)(=O)N4CCOCC4)(C1)C[C@@](C)(C3)C2. The third kappa shape index (κ3) is 4.12. The highest BCUT2D eigenvalue weighted by molar-refractivity contribution is 7.88. The molecule has 4 bridgehead atoms. The van der Waals surface area contributed by atoms with Gasteiger partial charge in [0.15, 0.2) is 0 Å². The molecule has 1 amide bonds. The van der Waals surface area contributed by atoms with Gasteiger partial charge in [-0.2, -0.15) is 4.31 Å². The fourth-order valence-electron chi connectivity index (χ4n) is 8.05. The number of carbonyl (C=O) groups excluding carboxylic acids is 1. The molecule has 0 spiro atoms. The molecule has 176 valence electrons. The molecule has 1 heterocycles. The number of nitrogens with zero attached hydrogens (tertiary/aromatic N) is 1. The van der Waals surface area contributed by atoms with Crippen molar-refractivity contribution in [3.63, 3.8) is 0 Å². The molecule has 0 radical (unpaired) electrons. The topological polar surface area (TPSA) is 75.7 Å². The zero-order chi connectivity index (χ0) is 22.6. The van der Waals surface area contributed by atoms with Gasteiger partial charge in [0.05, 0.1) is 24.4 Å². The largest absolute Gasteiger partial charge is 0.379 e. The molecule has 2 unspecified atom stereocenters. The first-order valence-corrected chi connectivity index (χ1v) is 13.6. The van der Waals surface area contributed by atoms with Gasteiger partial charge in [-0.15, -0.1) is 0 Å². The van der Waals surface area contributed by atoms with E-state index < -0.39 is 10.0 Å². The van der Waals surface area contributed by atoms with Crippen molar-refractivity contribution in [3.8, 4) is 0 Å². The lowest BCUT2D eigenvalue weighted by molar-refractivity contribution is -0.170. The number of nitrogens with one attached hydrogen (secondary N) is 1. The van der Waals surface area contributed by atoms with E-state index in [0.717, 1.165) is 30.4 Å². The Hall–Kier alpha value is -1.44.